The molecule has 144 valence electrons. The van der Waals surface area contributed by atoms with Crippen LogP contribution in [0.5, 0.6) is 11.5 Å². The lowest BCUT2D eigenvalue weighted by Gasteiger charge is -2.10. The van der Waals surface area contributed by atoms with Crippen molar-refractivity contribution in [3.63, 3.8) is 0 Å². The number of hydrogen-bond donors (Lipinski definition) is 1. The molecule has 27 heavy (non-hydrogen) atoms. The van der Waals surface area contributed by atoms with Gasteiger partial charge in [-0.15, -0.1) is 0 Å². The predicted octanol–water partition coefficient (Wildman–Crippen LogP) is 5.85. The molecule has 0 bridgehead atoms. The van der Waals surface area contributed by atoms with Crippen molar-refractivity contribution >= 4 is 11.6 Å². The number of unbranched alkanes of at least 4 members (excludes halogenated alkanes) is 4. The summed E-state index contributed by atoms with van der Waals surface area (Å²) in [5, 5.41) is 2.90. The van der Waals surface area contributed by atoms with Crippen molar-refractivity contribution in [2.24, 2.45) is 0 Å². The van der Waals surface area contributed by atoms with Crippen LogP contribution in [0.4, 0.5) is 5.69 Å². The fourth-order valence-electron chi connectivity index (χ4n) is 2.62. The van der Waals surface area contributed by atoms with E-state index in [-0.39, 0.29) is 5.91 Å². The first-order valence-electron chi connectivity index (χ1n) is 9.61. The number of carbonyl (C=O) groups excluding carboxylic acids is 1. The number of carbonyl (C=O) groups is 1. The summed E-state index contributed by atoms with van der Waals surface area (Å²) in [7, 11) is 0. The first-order valence-corrected chi connectivity index (χ1v) is 9.61. The number of amides is 1. The standard InChI is InChI=1S/C23H29NO3/c1-3-5-6-7-8-17-27-22-11-9-10-20(18-22)24-23(25)19-12-14-21(15-13-19)26-16-4-2/h4,9-15,18H,2-3,5-8,16-17H2,1H3,(H,24,25). The molecule has 2 aromatic carbocycles. The Balaban J connectivity index is 1.83. The van der Waals surface area contributed by atoms with Crippen LogP contribution >= 0.6 is 0 Å². The summed E-state index contributed by atoms with van der Waals surface area (Å²) in [6, 6.07) is 14.5. The molecule has 0 fully saturated rings. The summed E-state index contributed by atoms with van der Waals surface area (Å²) < 4.78 is 11.2. The highest BCUT2D eigenvalue weighted by Gasteiger charge is 2.07. The summed E-state index contributed by atoms with van der Waals surface area (Å²) in [5.74, 6) is 1.32. The molecule has 2 aromatic rings. The number of hydrogen-bond acceptors (Lipinski definition) is 3. The quantitative estimate of drug-likeness (QED) is 0.378. The molecule has 0 aliphatic heterocycles. The molecule has 0 heterocycles. The highest BCUT2D eigenvalue weighted by Crippen LogP contribution is 2.19. The van der Waals surface area contributed by atoms with Gasteiger partial charge in [-0.25, -0.2) is 0 Å². The zero-order valence-corrected chi connectivity index (χ0v) is 16.1. The lowest BCUT2D eigenvalue weighted by Crippen LogP contribution is -2.11. The van der Waals surface area contributed by atoms with Gasteiger partial charge in [-0.05, 0) is 42.8 Å². The zero-order chi connectivity index (χ0) is 19.3. The van der Waals surface area contributed by atoms with Gasteiger partial charge >= 0.3 is 0 Å². The fraction of sp³-hybridized carbons (Fsp3) is 0.348. The molecule has 0 saturated heterocycles. The van der Waals surface area contributed by atoms with Gasteiger partial charge in [0.1, 0.15) is 18.1 Å². The second-order valence-electron chi connectivity index (χ2n) is 6.37. The summed E-state index contributed by atoms with van der Waals surface area (Å²) in [6.45, 7) is 6.96. The van der Waals surface area contributed by atoms with Gasteiger partial charge in [-0.1, -0.05) is 51.3 Å². The molecule has 1 N–H and O–H groups in total. The Hall–Kier alpha value is -2.75. The number of nitrogens with one attached hydrogen (secondary N) is 1. The summed E-state index contributed by atoms with van der Waals surface area (Å²) in [5.41, 5.74) is 1.29. The lowest BCUT2D eigenvalue weighted by atomic mass is 10.2. The molecule has 0 aromatic heterocycles. The molecule has 0 unspecified atom stereocenters. The maximum absolute atomic E-state index is 12.4. The van der Waals surface area contributed by atoms with Gasteiger partial charge in [-0.3, -0.25) is 4.79 Å². The number of benzene rings is 2. The van der Waals surface area contributed by atoms with E-state index in [0.29, 0.717) is 24.5 Å². The van der Waals surface area contributed by atoms with Crippen molar-refractivity contribution < 1.29 is 14.3 Å². The normalized spacial score (nSPS) is 10.3. The Kier molecular flexibility index (Phi) is 8.98. The van der Waals surface area contributed by atoms with E-state index >= 15 is 0 Å². The van der Waals surface area contributed by atoms with E-state index in [0.717, 1.165) is 17.9 Å². The molecule has 0 atom stereocenters. The van der Waals surface area contributed by atoms with Crippen LogP contribution < -0.4 is 14.8 Å². The number of rotatable bonds is 12. The molecule has 0 radical (unpaired) electrons. The topological polar surface area (TPSA) is 47.6 Å². The van der Waals surface area contributed by atoms with Crippen molar-refractivity contribution in [1.29, 1.82) is 0 Å². The van der Waals surface area contributed by atoms with E-state index in [9.17, 15) is 4.79 Å². The van der Waals surface area contributed by atoms with Gasteiger partial charge in [0.25, 0.3) is 5.91 Å². The van der Waals surface area contributed by atoms with Gasteiger partial charge in [-0.2, -0.15) is 0 Å². The molecule has 0 aliphatic rings. The Morgan fingerprint density at radius 3 is 2.52 bits per heavy atom. The van der Waals surface area contributed by atoms with Crippen LogP contribution in [0.15, 0.2) is 61.2 Å². The molecule has 1 amide bonds. The predicted molar refractivity (Wildman–Crippen MR) is 111 cm³/mol. The van der Waals surface area contributed by atoms with Crippen molar-refractivity contribution in [3.8, 4) is 11.5 Å². The van der Waals surface area contributed by atoms with E-state index in [1.165, 1.54) is 25.7 Å². The van der Waals surface area contributed by atoms with E-state index < -0.39 is 0 Å². The second-order valence-corrected chi connectivity index (χ2v) is 6.37. The molecule has 2 rings (SSSR count). The Morgan fingerprint density at radius 2 is 1.78 bits per heavy atom. The van der Waals surface area contributed by atoms with Crippen molar-refractivity contribution in [3.05, 3.63) is 66.7 Å². The Morgan fingerprint density at radius 1 is 1.00 bits per heavy atom. The second kappa shape index (κ2) is 11.8. The highest BCUT2D eigenvalue weighted by atomic mass is 16.5. The van der Waals surface area contributed by atoms with E-state index in [2.05, 4.69) is 18.8 Å². The first kappa shape index (κ1) is 20.6. The average Bonchev–Trinajstić information content (AvgIpc) is 2.69. The van der Waals surface area contributed by atoms with Crippen LogP contribution in [0.3, 0.4) is 0 Å². The molecular formula is C23H29NO3. The molecule has 0 saturated carbocycles. The smallest absolute Gasteiger partial charge is 0.255 e. The minimum absolute atomic E-state index is 0.165. The largest absolute Gasteiger partial charge is 0.494 e. The Labute approximate surface area is 162 Å². The van der Waals surface area contributed by atoms with Crippen LogP contribution in [0.2, 0.25) is 0 Å². The van der Waals surface area contributed by atoms with Gasteiger partial charge in [0.05, 0.1) is 6.61 Å². The monoisotopic (exact) mass is 367 g/mol. The highest BCUT2D eigenvalue weighted by molar-refractivity contribution is 6.04. The van der Waals surface area contributed by atoms with Gasteiger partial charge < -0.3 is 14.8 Å². The van der Waals surface area contributed by atoms with Crippen LogP contribution in [0.25, 0.3) is 0 Å². The maximum atomic E-state index is 12.4. The fourth-order valence-corrected chi connectivity index (χ4v) is 2.62. The number of anilines is 1. The van der Waals surface area contributed by atoms with Crippen LogP contribution in [0.1, 0.15) is 49.4 Å². The minimum atomic E-state index is -0.165. The van der Waals surface area contributed by atoms with Crippen LogP contribution in [0, 0.1) is 0 Å². The van der Waals surface area contributed by atoms with Crippen molar-refractivity contribution in [2.45, 2.75) is 39.0 Å². The van der Waals surface area contributed by atoms with Gasteiger partial charge in [0.2, 0.25) is 0 Å². The third kappa shape index (κ3) is 7.57. The minimum Gasteiger partial charge on any atom is -0.494 e. The molecular weight excluding hydrogens is 338 g/mol. The molecule has 0 aliphatic carbocycles. The SMILES string of the molecule is C=CCOc1ccc(C(=O)Nc2cccc(OCCCCCCC)c2)cc1. The third-order valence-electron chi connectivity index (χ3n) is 4.09. The van der Waals surface area contributed by atoms with Crippen molar-refractivity contribution in [1.82, 2.24) is 0 Å². The summed E-state index contributed by atoms with van der Waals surface area (Å²) in [4.78, 5) is 12.4. The molecule has 4 heteroatoms. The van der Waals surface area contributed by atoms with Crippen LogP contribution in [-0.2, 0) is 0 Å². The maximum Gasteiger partial charge on any atom is 0.255 e. The third-order valence-corrected chi connectivity index (χ3v) is 4.09. The first-order chi connectivity index (χ1) is 13.2. The van der Waals surface area contributed by atoms with Crippen molar-refractivity contribution in [2.75, 3.05) is 18.5 Å². The lowest BCUT2D eigenvalue weighted by molar-refractivity contribution is 0.102. The van der Waals surface area contributed by atoms with E-state index in [1.807, 2.05) is 24.3 Å². The molecule has 4 nitrogen and oxygen atoms in total. The summed E-state index contributed by atoms with van der Waals surface area (Å²) >= 11 is 0. The van der Waals surface area contributed by atoms with Gasteiger partial charge in [0, 0.05) is 17.3 Å². The zero-order valence-electron chi connectivity index (χ0n) is 16.1. The molecule has 0 spiro atoms. The van der Waals surface area contributed by atoms with Crippen LogP contribution in [-0.4, -0.2) is 19.1 Å². The summed E-state index contributed by atoms with van der Waals surface area (Å²) in [6.07, 6.45) is 7.71. The Bertz CT molecular complexity index is 710. The van der Waals surface area contributed by atoms with E-state index in [4.69, 9.17) is 9.47 Å². The van der Waals surface area contributed by atoms with E-state index in [1.54, 1.807) is 30.3 Å². The number of ether oxygens (including phenoxy) is 2. The average molecular weight is 367 g/mol. The van der Waals surface area contributed by atoms with Gasteiger partial charge in [0.15, 0.2) is 0 Å².